The Kier molecular flexibility index (Phi) is 4.77. The van der Waals surface area contributed by atoms with Gasteiger partial charge in [0.15, 0.2) is 0 Å². The summed E-state index contributed by atoms with van der Waals surface area (Å²) in [6.07, 6.45) is 1.96. The third kappa shape index (κ3) is 3.78. The maximum Gasteiger partial charge on any atom is 0.243 e. The number of benzene rings is 2. The largest absolute Gasteiger partial charge is 0.346 e. The minimum atomic E-state index is -3.69. The predicted molar refractivity (Wildman–Crippen MR) is 106 cm³/mol. The maximum atomic E-state index is 12.8. The zero-order valence-corrected chi connectivity index (χ0v) is 16.3. The molecule has 1 N–H and O–H groups in total. The van der Waals surface area contributed by atoms with E-state index < -0.39 is 10.0 Å². The van der Waals surface area contributed by atoms with Crippen LogP contribution in [0.1, 0.15) is 16.8 Å². The molecule has 0 radical (unpaired) electrons. The van der Waals surface area contributed by atoms with Crippen LogP contribution in [0.2, 0.25) is 0 Å². The molecule has 0 amide bonds. The summed E-state index contributed by atoms with van der Waals surface area (Å²) in [5.74, 6) is 0. The molecule has 2 aromatic heterocycles. The molecule has 6 nitrogen and oxygen atoms in total. The second-order valence-corrected chi connectivity index (χ2v) is 8.59. The van der Waals surface area contributed by atoms with Crippen LogP contribution >= 0.6 is 11.7 Å². The van der Waals surface area contributed by atoms with Crippen molar-refractivity contribution in [2.75, 3.05) is 0 Å². The smallest absolute Gasteiger partial charge is 0.243 e. The van der Waals surface area contributed by atoms with Crippen molar-refractivity contribution in [1.82, 2.24) is 18.0 Å². The highest BCUT2D eigenvalue weighted by Gasteiger charge is 2.19. The standard InChI is InChI=1S/C19H18N4O2S2/c1-14-5-2-6-15(11-14)13-23-10-4-7-16(23)12-20-27(24,25)18-9-3-8-17-19(18)22-26-21-17/h2-11,20H,12-13H2,1H3. The topological polar surface area (TPSA) is 76.9 Å². The number of hydrogen-bond donors (Lipinski definition) is 1. The van der Waals surface area contributed by atoms with E-state index in [0.717, 1.165) is 17.4 Å². The molecule has 0 atom stereocenters. The maximum absolute atomic E-state index is 12.8. The Labute approximate surface area is 161 Å². The molecule has 0 aliphatic rings. The second-order valence-electron chi connectivity index (χ2n) is 6.33. The fraction of sp³-hybridized carbons (Fsp3) is 0.158. The number of nitrogens with one attached hydrogen (secondary N) is 1. The highest BCUT2D eigenvalue weighted by molar-refractivity contribution is 7.89. The minimum Gasteiger partial charge on any atom is -0.346 e. The van der Waals surface area contributed by atoms with Crippen LogP contribution in [0.3, 0.4) is 0 Å². The summed E-state index contributed by atoms with van der Waals surface area (Å²) < 4.78 is 38.5. The van der Waals surface area contributed by atoms with Crippen molar-refractivity contribution in [3.05, 3.63) is 77.6 Å². The van der Waals surface area contributed by atoms with Crippen molar-refractivity contribution in [1.29, 1.82) is 0 Å². The van der Waals surface area contributed by atoms with E-state index in [2.05, 4.69) is 38.6 Å². The Morgan fingerprint density at radius 3 is 2.78 bits per heavy atom. The van der Waals surface area contributed by atoms with E-state index in [0.29, 0.717) is 17.6 Å². The number of sulfonamides is 1. The molecule has 4 rings (SSSR count). The Bertz CT molecular complexity index is 1200. The van der Waals surface area contributed by atoms with E-state index in [1.165, 1.54) is 11.1 Å². The van der Waals surface area contributed by atoms with E-state index in [1.807, 2.05) is 29.0 Å². The minimum absolute atomic E-state index is 0.158. The Hall–Kier alpha value is -2.55. The van der Waals surface area contributed by atoms with Gasteiger partial charge in [-0.25, -0.2) is 13.1 Å². The van der Waals surface area contributed by atoms with E-state index in [4.69, 9.17) is 0 Å². The highest BCUT2D eigenvalue weighted by Crippen LogP contribution is 2.21. The molecule has 4 aromatic rings. The van der Waals surface area contributed by atoms with Crippen LogP contribution < -0.4 is 4.72 Å². The van der Waals surface area contributed by atoms with Crippen molar-refractivity contribution in [3.63, 3.8) is 0 Å². The Morgan fingerprint density at radius 2 is 1.93 bits per heavy atom. The first-order chi connectivity index (χ1) is 13.0. The lowest BCUT2D eigenvalue weighted by molar-refractivity contribution is 0.579. The second kappa shape index (κ2) is 7.22. The van der Waals surface area contributed by atoms with Crippen molar-refractivity contribution >= 4 is 32.8 Å². The number of hydrogen-bond acceptors (Lipinski definition) is 5. The summed E-state index contributed by atoms with van der Waals surface area (Å²) in [6.45, 7) is 2.95. The van der Waals surface area contributed by atoms with E-state index in [-0.39, 0.29) is 11.4 Å². The van der Waals surface area contributed by atoms with Crippen LogP contribution in [-0.4, -0.2) is 21.7 Å². The van der Waals surface area contributed by atoms with Crippen molar-refractivity contribution in [2.45, 2.75) is 24.9 Å². The van der Waals surface area contributed by atoms with E-state index >= 15 is 0 Å². The summed E-state index contributed by atoms with van der Waals surface area (Å²) in [6, 6.07) is 17.1. The van der Waals surface area contributed by atoms with Crippen molar-refractivity contribution in [3.8, 4) is 0 Å². The molecule has 0 fully saturated rings. The molecule has 27 heavy (non-hydrogen) atoms. The van der Waals surface area contributed by atoms with Crippen LogP contribution in [0.15, 0.2) is 65.7 Å². The lowest BCUT2D eigenvalue weighted by Crippen LogP contribution is -2.25. The first-order valence-electron chi connectivity index (χ1n) is 8.43. The predicted octanol–water partition coefficient (Wildman–Crippen LogP) is 3.33. The first-order valence-corrected chi connectivity index (χ1v) is 10.6. The average molecular weight is 399 g/mol. The summed E-state index contributed by atoms with van der Waals surface area (Å²) in [5.41, 5.74) is 4.26. The van der Waals surface area contributed by atoms with Crippen LogP contribution in [0.4, 0.5) is 0 Å². The number of aryl methyl sites for hydroxylation is 1. The van der Waals surface area contributed by atoms with Gasteiger partial charge in [-0.05, 0) is 36.8 Å². The summed E-state index contributed by atoms with van der Waals surface area (Å²) >= 11 is 1.01. The lowest BCUT2D eigenvalue weighted by atomic mass is 10.1. The third-order valence-electron chi connectivity index (χ3n) is 4.34. The summed E-state index contributed by atoms with van der Waals surface area (Å²) in [5, 5.41) is 0. The summed E-state index contributed by atoms with van der Waals surface area (Å²) in [7, 11) is -3.69. The Balaban J connectivity index is 1.54. The van der Waals surface area contributed by atoms with Gasteiger partial charge in [0.25, 0.3) is 0 Å². The number of nitrogens with zero attached hydrogens (tertiary/aromatic N) is 3. The van der Waals surface area contributed by atoms with Gasteiger partial charge in [0.2, 0.25) is 10.0 Å². The quantitative estimate of drug-likeness (QED) is 0.540. The van der Waals surface area contributed by atoms with Gasteiger partial charge in [-0.3, -0.25) is 0 Å². The van der Waals surface area contributed by atoms with Crippen molar-refractivity contribution < 1.29 is 8.42 Å². The molecule has 138 valence electrons. The highest BCUT2D eigenvalue weighted by atomic mass is 32.2. The van der Waals surface area contributed by atoms with E-state index in [9.17, 15) is 8.42 Å². The molecular weight excluding hydrogens is 380 g/mol. The molecule has 2 aromatic carbocycles. The lowest BCUT2D eigenvalue weighted by Gasteiger charge is -2.11. The van der Waals surface area contributed by atoms with Gasteiger partial charge in [-0.1, -0.05) is 35.9 Å². The zero-order valence-electron chi connectivity index (χ0n) is 14.7. The SMILES string of the molecule is Cc1cccc(Cn2cccc2CNS(=O)(=O)c2cccc3nsnc23)c1. The molecule has 0 aliphatic carbocycles. The molecule has 0 spiro atoms. The molecule has 8 heteroatoms. The van der Waals surface area contributed by atoms with Crippen LogP contribution in [0.25, 0.3) is 11.0 Å². The fourth-order valence-corrected chi connectivity index (χ4v) is 4.78. The molecule has 0 aliphatic heterocycles. The van der Waals surface area contributed by atoms with Gasteiger partial charge in [-0.15, -0.1) is 0 Å². The summed E-state index contributed by atoms with van der Waals surface area (Å²) in [4.78, 5) is 0.158. The van der Waals surface area contributed by atoms with Crippen LogP contribution in [0.5, 0.6) is 0 Å². The van der Waals surface area contributed by atoms with Gasteiger partial charge in [0.05, 0.1) is 18.3 Å². The molecular formula is C19H18N4O2S2. The van der Waals surface area contributed by atoms with Gasteiger partial charge in [-0.2, -0.15) is 8.75 Å². The number of aromatic nitrogens is 3. The fourth-order valence-electron chi connectivity index (χ4n) is 3.02. The number of fused-ring (bicyclic) bond motifs is 1. The molecule has 0 saturated carbocycles. The Morgan fingerprint density at radius 1 is 1.07 bits per heavy atom. The molecule has 0 unspecified atom stereocenters. The van der Waals surface area contributed by atoms with E-state index in [1.54, 1.807) is 18.2 Å². The third-order valence-corrected chi connectivity index (χ3v) is 6.32. The van der Waals surface area contributed by atoms with Gasteiger partial charge in [0.1, 0.15) is 15.9 Å². The van der Waals surface area contributed by atoms with Crippen LogP contribution in [0, 0.1) is 6.92 Å². The molecule has 2 heterocycles. The van der Waals surface area contributed by atoms with Gasteiger partial charge in [0, 0.05) is 18.4 Å². The van der Waals surface area contributed by atoms with Gasteiger partial charge < -0.3 is 4.57 Å². The van der Waals surface area contributed by atoms with Gasteiger partial charge >= 0.3 is 0 Å². The molecule has 0 bridgehead atoms. The molecule has 0 saturated heterocycles. The van der Waals surface area contributed by atoms with Crippen molar-refractivity contribution in [2.24, 2.45) is 0 Å². The number of rotatable bonds is 6. The zero-order chi connectivity index (χ0) is 18.9. The average Bonchev–Trinajstić information content (AvgIpc) is 3.28. The normalized spacial score (nSPS) is 11.9. The first kappa shape index (κ1) is 17.8. The monoisotopic (exact) mass is 398 g/mol. The van der Waals surface area contributed by atoms with Crippen LogP contribution in [-0.2, 0) is 23.1 Å².